The van der Waals surface area contributed by atoms with Crippen LogP contribution in [-0.2, 0) is 4.74 Å². The van der Waals surface area contributed by atoms with Gasteiger partial charge in [-0.3, -0.25) is 0 Å². The van der Waals surface area contributed by atoms with Gasteiger partial charge in [-0.1, -0.05) is 32.9 Å². The van der Waals surface area contributed by atoms with Crippen LogP contribution in [0.2, 0.25) is 0 Å². The highest BCUT2D eigenvalue weighted by molar-refractivity contribution is 4.91. The van der Waals surface area contributed by atoms with Gasteiger partial charge < -0.3 is 4.74 Å². The summed E-state index contributed by atoms with van der Waals surface area (Å²) in [6.45, 7) is 15.2. The highest BCUT2D eigenvalue weighted by atomic mass is 16.5. The van der Waals surface area contributed by atoms with E-state index in [4.69, 9.17) is 4.74 Å². The molecule has 0 saturated heterocycles. The number of hydrogen-bond donors (Lipinski definition) is 0. The molecule has 0 spiro atoms. The van der Waals surface area contributed by atoms with Crippen molar-refractivity contribution in [3.05, 3.63) is 12.2 Å². The summed E-state index contributed by atoms with van der Waals surface area (Å²) in [5.41, 5.74) is 0.300. The predicted octanol–water partition coefficient (Wildman–Crippen LogP) is 4.96. The summed E-state index contributed by atoms with van der Waals surface area (Å²) in [7, 11) is 0. The van der Waals surface area contributed by atoms with Crippen LogP contribution < -0.4 is 0 Å². The molecule has 0 amide bonds. The zero-order valence-electron chi connectivity index (χ0n) is 12.3. The second-order valence-electron chi connectivity index (χ2n) is 6.74. The van der Waals surface area contributed by atoms with Gasteiger partial charge in [-0.2, -0.15) is 0 Å². The minimum atomic E-state index is -0.0132. The first-order chi connectivity index (χ1) is 7.10. The normalized spacial score (nSPS) is 15.7. The molecule has 0 aliphatic heterocycles. The van der Waals surface area contributed by atoms with Crippen LogP contribution in [0.5, 0.6) is 0 Å². The Labute approximate surface area is 102 Å². The summed E-state index contributed by atoms with van der Waals surface area (Å²) in [5, 5.41) is 0. The molecule has 0 N–H and O–H groups in total. The fourth-order valence-corrected chi connectivity index (χ4v) is 1.62. The summed E-state index contributed by atoms with van der Waals surface area (Å²) < 4.78 is 5.86. The lowest BCUT2D eigenvalue weighted by Crippen LogP contribution is -2.25. The first kappa shape index (κ1) is 15.7. The van der Waals surface area contributed by atoms with Gasteiger partial charge in [-0.25, -0.2) is 0 Å². The molecular formula is C15H30O. The average Bonchev–Trinajstić information content (AvgIpc) is 1.97. The quantitative estimate of drug-likeness (QED) is 0.475. The van der Waals surface area contributed by atoms with Gasteiger partial charge in [0.1, 0.15) is 0 Å². The minimum absolute atomic E-state index is 0.0132. The van der Waals surface area contributed by atoms with Crippen LogP contribution in [-0.4, -0.2) is 11.7 Å². The van der Waals surface area contributed by atoms with Crippen LogP contribution in [0.4, 0.5) is 0 Å². The van der Waals surface area contributed by atoms with Crippen molar-refractivity contribution in [1.82, 2.24) is 0 Å². The van der Waals surface area contributed by atoms with Gasteiger partial charge in [0.2, 0.25) is 0 Å². The number of hydrogen-bond acceptors (Lipinski definition) is 1. The molecule has 0 rings (SSSR count). The van der Waals surface area contributed by atoms with E-state index in [0.717, 1.165) is 12.8 Å². The molecular weight excluding hydrogens is 196 g/mol. The fraction of sp³-hybridized carbons (Fsp3) is 0.867. The third-order valence-electron chi connectivity index (χ3n) is 2.15. The van der Waals surface area contributed by atoms with Crippen LogP contribution in [0.1, 0.15) is 67.7 Å². The fourth-order valence-electron chi connectivity index (χ4n) is 1.62. The molecule has 0 aliphatic carbocycles. The molecule has 0 aliphatic rings. The van der Waals surface area contributed by atoms with E-state index < -0.39 is 0 Å². The predicted molar refractivity (Wildman–Crippen MR) is 72.7 cm³/mol. The zero-order chi connectivity index (χ0) is 12.8. The van der Waals surface area contributed by atoms with E-state index in [2.05, 4.69) is 60.6 Å². The molecule has 0 aromatic carbocycles. The number of allylic oxidation sites excluding steroid dienone is 2. The summed E-state index contributed by atoms with van der Waals surface area (Å²) >= 11 is 0. The van der Waals surface area contributed by atoms with Crippen LogP contribution in [0.25, 0.3) is 0 Å². The molecule has 0 radical (unpaired) electrons. The molecule has 0 heterocycles. The Bertz CT molecular complexity index is 202. The van der Waals surface area contributed by atoms with E-state index in [-0.39, 0.29) is 5.60 Å². The van der Waals surface area contributed by atoms with Crippen molar-refractivity contribution in [3.8, 4) is 0 Å². The summed E-state index contributed by atoms with van der Waals surface area (Å²) in [6, 6.07) is 0. The molecule has 0 aromatic rings. The molecule has 0 aromatic heterocycles. The Morgan fingerprint density at radius 3 is 2.06 bits per heavy atom. The Hall–Kier alpha value is -0.300. The third-order valence-corrected chi connectivity index (χ3v) is 2.15. The zero-order valence-corrected chi connectivity index (χ0v) is 12.3. The number of rotatable bonds is 5. The minimum Gasteiger partial charge on any atom is -0.373 e. The van der Waals surface area contributed by atoms with E-state index in [9.17, 15) is 0 Å². The maximum atomic E-state index is 5.86. The van der Waals surface area contributed by atoms with Crippen molar-refractivity contribution in [1.29, 1.82) is 0 Å². The second-order valence-corrected chi connectivity index (χ2v) is 6.74. The number of ether oxygens (including phenoxy) is 1. The number of unbranched alkanes of at least 4 members (excludes halogenated alkanes) is 1. The Kier molecular flexibility index (Phi) is 6.32. The van der Waals surface area contributed by atoms with Gasteiger partial charge in [-0.15, -0.1) is 0 Å². The van der Waals surface area contributed by atoms with Gasteiger partial charge in [0.05, 0.1) is 11.7 Å². The maximum absolute atomic E-state index is 5.86. The lowest BCUT2D eigenvalue weighted by molar-refractivity contribution is -0.0546. The molecule has 0 bridgehead atoms. The second kappa shape index (κ2) is 6.44. The molecule has 96 valence electrons. The smallest absolute Gasteiger partial charge is 0.0602 e. The molecule has 1 unspecified atom stereocenters. The van der Waals surface area contributed by atoms with Crippen molar-refractivity contribution in [2.24, 2.45) is 5.41 Å². The summed E-state index contributed by atoms with van der Waals surface area (Å²) in [4.78, 5) is 0. The maximum Gasteiger partial charge on any atom is 0.0602 e. The summed E-state index contributed by atoms with van der Waals surface area (Å²) in [6.07, 6.45) is 8.47. The molecule has 16 heavy (non-hydrogen) atoms. The van der Waals surface area contributed by atoms with E-state index in [0.29, 0.717) is 11.5 Å². The van der Waals surface area contributed by atoms with Gasteiger partial charge in [0.25, 0.3) is 0 Å². The molecule has 0 saturated carbocycles. The highest BCUT2D eigenvalue weighted by Gasteiger charge is 2.14. The largest absolute Gasteiger partial charge is 0.373 e. The topological polar surface area (TPSA) is 9.23 Å². The highest BCUT2D eigenvalue weighted by Crippen LogP contribution is 2.17. The first-order valence-electron chi connectivity index (χ1n) is 6.46. The third kappa shape index (κ3) is 11.8. The van der Waals surface area contributed by atoms with E-state index in [1.165, 1.54) is 6.42 Å². The van der Waals surface area contributed by atoms with Crippen LogP contribution in [0.3, 0.4) is 0 Å². The lowest BCUT2D eigenvalue weighted by atomic mass is 9.95. The van der Waals surface area contributed by atoms with Crippen LogP contribution >= 0.6 is 0 Å². The SMILES string of the molecule is CC(CCCC=CC(C)(C)C)OC(C)(C)C. The monoisotopic (exact) mass is 226 g/mol. The van der Waals surface area contributed by atoms with Crippen molar-refractivity contribution < 1.29 is 4.74 Å². The van der Waals surface area contributed by atoms with Gasteiger partial charge in [0.15, 0.2) is 0 Å². The molecule has 1 heteroatoms. The van der Waals surface area contributed by atoms with Gasteiger partial charge >= 0.3 is 0 Å². The Morgan fingerprint density at radius 1 is 1.06 bits per heavy atom. The van der Waals surface area contributed by atoms with Gasteiger partial charge in [-0.05, 0) is 52.4 Å². The summed E-state index contributed by atoms with van der Waals surface area (Å²) in [5.74, 6) is 0. The van der Waals surface area contributed by atoms with Crippen molar-refractivity contribution >= 4 is 0 Å². The standard InChI is InChI=1S/C15H30O/c1-13(16-15(5,6)7)11-9-8-10-12-14(2,3)4/h10,12-13H,8-9,11H2,1-7H3. The lowest BCUT2D eigenvalue weighted by Gasteiger charge is -2.25. The molecule has 1 atom stereocenters. The van der Waals surface area contributed by atoms with E-state index in [1.807, 2.05) is 0 Å². The van der Waals surface area contributed by atoms with E-state index >= 15 is 0 Å². The van der Waals surface area contributed by atoms with Crippen molar-refractivity contribution in [3.63, 3.8) is 0 Å². The van der Waals surface area contributed by atoms with E-state index in [1.54, 1.807) is 0 Å². The molecule has 1 nitrogen and oxygen atoms in total. The van der Waals surface area contributed by atoms with Crippen molar-refractivity contribution in [2.75, 3.05) is 0 Å². The molecule has 0 fully saturated rings. The van der Waals surface area contributed by atoms with Crippen molar-refractivity contribution in [2.45, 2.75) is 79.4 Å². The van der Waals surface area contributed by atoms with Crippen LogP contribution in [0.15, 0.2) is 12.2 Å². The Morgan fingerprint density at radius 2 is 1.62 bits per heavy atom. The van der Waals surface area contributed by atoms with Crippen LogP contribution in [0, 0.1) is 5.41 Å². The van der Waals surface area contributed by atoms with Gasteiger partial charge in [0, 0.05) is 0 Å². The average molecular weight is 226 g/mol. The first-order valence-corrected chi connectivity index (χ1v) is 6.46. The Balaban J connectivity index is 3.64.